The molecule has 4 rings (SSSR count). The fourth-order valence-corrected chi connectivity index (χ4v) is 3.17. The number of amides is 1. The normalized spacial score (nSPS) is 17.7. The van der Waals surface area contributed by atoms with Gasteiger partial charge in [0.25, 0.3) is 5.91 Å². The van der Waals surface area contributed by atoms with Gasteiger partial charge in [-0.3, -0.25) is 20.1 Å². The van der Waals surface area contributed by atoms with E-state index >= 15 is 0 Å². The van der Waals surface area contributed by atoms with Crippen LogP contribution in [0.2, 0.25) is 0 Å². The number of pyridine rings is 1. The number of nitrogens with one attached hydrogen (secondary N) is 2. The summed E-state index contributed by atoms with van der Waals surface area (Å²) in [5, 5.41) is 13.7. The average molecular weight is 387 g/mol. The molecule has 0 bridgehead atoms. The number of nitrogens with zero attached hydrogens (tertiary/aromatic N) is 1. The van der Waals surface area contributed by atoms with Gasteiger partial charge < -0.3 is 10.4 Å². The van der Waals surface area contributed by atoms with Crippen molar-refractivity contribution in [2.24, 2.45) is 0 Å². The highest BCUT2D eigenvalue weighted by Crippen LogP contribution is 2.29. The number of hydroxylamine groups is 1. The van der Waals surface area contributed by atoms with Crippen molar-refractivity contribution in [2.45, 2.75) is 18.6 Å². The van der Waals surface area contributed by atoms with Gasteiger partial charge >= 0.3 is 0 Å². The molecule has 1 aliphatic heterocycles. The summed E-state index contributed by atoms with van der Waals surface area (Å²) in [6.07, 6.45) is 4.33. The first-order chi connectivity index (χ1) is 14.0. The number of hydrogen-bond acceptors (Lipinski definition) is 5. The zero-order chi connectivity index (χ0) is 20.3. The first-order valence-electron chi connectivity index (χ1n) is 9.27. The van der Waals surface area contributed by atoms with Crippen LogP contribution >= 0.6 is 0 Å². The van der Waals surface area contributed by atoms with Gasteiger partial charge in [0.05, 0.1) is 5.70 Å². The number of rotatable bonds is 5. The second-order valence-corrected chi connectivity index (χ2v) is 6.97. The van der Waals surface area contributed by atoms with Gasteiger partial charge in [-0.05, 0) is 48.4 Å². The second kappa shape index (κ2) is 7.87. The molecule has 0 spiro atoms. The molecule has 1 aromatic heterocycles. The Hall–Kier alpha value is -3.48. The fourth-order valence-electron chi connectivity index (χ4n) is 3.17. The van der Waals surface area contributed by atoms with Crippen molar-refractivity contribution >= 4 is 17.3 Å². The van der Waals surface area contributed by atoms with Gasteiger partial charge in [0, 0.05) is 23.6 Å². The van der Waals surface area contributed by atoms with E-state index in [9.17, 15) is 9.90 Å². The molecular formula is C23H21N3O3. The fraction of sp³-hybridized carbons (Fsp3) is 0.130. The predicted octanol–water partition coefficient (Wildman–Crippen LogP) is 3.22. The molecule has 29 heavy (non-hydrogen) atoms. The number of aromatic nitrogens is 1. The lowest BCUT2D eigenvalue weighted by Gasteiger charge is -2.24. The Morgan fingerprint density at radius 2 is 1.79 bits per heavy atom. The quantitative estimate of drug-likeness (QED) is 0.626. The number of aliphatic hydroxyl groups is 1. The van der Waals surface area contributed by atoms with Gasteiger partial charge in [0.1, 0.15) is 5.60 Å². The lowest BCUT2D eigenvalue weighted by Crippen LogP contribution is -2.28. The molecule has 6 heteroatoms. The third-order valence-corrected chi connectivity index (χ3v) is 4.90. The van der Waals surface area contributed by atoms with Gasteiger partial charge in [-0.15, -0.1) is 0 Å². The van der Waals surface area contributed by atoms with Gasteiger partial charge in [-0.2, -0.15) is 0 Å². The molecule has 0 saturated heterocycles. The topological polar surface area (TPSA) is 83.5 Å². The summed E-state index contributed by atoms with van der Waals surface area (Å²) in [5.74, 6) is -0.293. The van der Waals surface area contributed by atoms with Crippen LogP contribution in [0.15, 0.2) is 85.2 Å². The molecule has 2 heterocycles. The van der Waals surface area contributed by atoms with E-state index in [0.29, 0.717) is 11.4 Å². The molecule has 0 aliphatic carbocycles. The lowest BCUT2D eigenvalue weighted by molar-refractivity contribution is -0.125. The average Bonchev–Trinajstić information content (AvgIpc) is 3.26. The van der Waals surface area contributed by atoms with Crippen LogP contribution < -0.4 is 10.8 Å². The summed E-state index contributed by atoms with van der Waals surface area (Å²) in [6, 6.07) is 20.3. The predicted molar refractivity (Wildman–Crippen MR) is 110 cm³/mol. The van der Waals surface area contributed by atoms with Crippen LogP contribution in [-0.4, -0.2) is 22.1 Å². The molecule has 3 aromatic rings. The molecule has 1 aliphatic rings. The van der Waals surface area contributed by atoms with Gasteiger partial charge in [-0.25, -0.2) is 0 Å². The van der Waals surface area contributed by atoms with Crippen molar-refractivity contribution in [1.29, 1.82) is 0 Å². The summed E-state index contributed by atoms with van der Waals surface area (Å²) < 4.78 is 0. The standard InChI is InChI=1S/C23H21N3O3/c1-23(28,17-7-3-2-4-8-17)18-9-11-19(12-10-18)25-22(27)21-14-20(26-29-21)16-6-5-13-24-15-16/h2-15,21,26,28H,1H3,(H,25,27). The van der Waals surface area contributed by atoms with E-state index in [1.54, 1.807) is 49.7 Å². The molecule has 2 aromatic carbocycles. The molecule has 0 saturated carbocycles. The maximum atomic E-state index is 12.5. The second-order valence-electron chi connectivity index (χ2n) is 6.97. The molecule has 6 nitrogen and oxygen atoms in total. The maximum absolute atomic E-state index is 12.5. The molecule has 146 valence electrons. The minimum Gasteiger partial charge on any atom is -0.381 e. The smallest absolute Gasteiger partial charge is 0.260 e. The Labute approximate surface area is 168 Å². The van der Waals surface area contributed by atoms with Gasteiger partial charge in [-0.1, -0.05) is 42.5 Å². The van der Waals surface area contributed by atoms with Crippen LogP contribution in [0.4, 0.5) is 5.69 Å². The first kappa shape index (κ1) is 18.9. The van der Waals surface area contributed by atoms with E-state index in [1.165, 1.54) is 0 Å². The van der Waals surface area contributed by atoms with Crippen molar-refractivity contribution < 1.29 is 14.7 Å². The van der Waals surface area contributed by atoms with E-state index in [1.807, 2.05) is 42.5 Å². The van der Waals surface area contributed by atoms with Gasteiger partial charge in [0.2, 0.25) is 0 Å². The van der Waals surface area contributed by atoms with Crippen LogP contribution in [0.5, 0.6) is 0 Å². The van der Waals surface area contributed by atoms with Crippen molar-refractivity contribution in [3.63, 3.8) is 0 Å². The van der Waals surface area contributed by atoms with E-state index in [4.69, 9.17) is 4.84 Å². The molecule has 1 amide bonds. The Bertz CT molecular complexity index is 1020. The van der Waals surface area contributed by atoms with E-state index < -0.39 is 11.7 Å². The Balaban J connectivity index is 1.44. The van der Waals surface area contributed by atoms with Crippen LogP contribution in [0, 0.1) is 0 Å². The number of hydrogen-bond donors (Lipinski definition) is 3. The summed E-state index contributed by atoms with van der Waals surface area (Å²) in [5.41, 5.74) is 5.34. The van der Waals surface area contributed by atoms with E-state index in [0.717, 1.165) is 16.7 Å². The number of benzene rings is 2. The lowest BCUT2D eigenvalue weighted by atomic mass is 9.88. The van der Waals surface area contributed by atoms with Crippen molar-refractivity contribution in [3.8, 4) is 0 Å². The third-order valence-electron chi connectivity index (χ3n) is 4.90. The summed E-state index contributed by atoms with van der Waals surface area (Å²) in [7, 11) is 0. The highest BCUT2D eigenvalue weighted by atomic mass is 16.7. The Morgan fingerprint density at radius 1 is 1.07 bits per heavy atom. The zero-order valence-electron chi connectivity index (χ0n) is 15.9. The zero-order valence-corrected chi connectivity index (χ0v) is 15.9. The minimum atomic E-state index is -1.12. The van der Waals surface area contributed by atoms with Crippen molar-refractivity contribution in [2.75, 3.05) is 5.32 Å². The van der Waals surface area contributed by atoms with Crippen LogP contribution in [-0.2, 0) is 15.2 Å². The Kier molecular flexibility index (Phi) is 5.12. The molecular weight excluding hydrogens is 366 g/mol. The highest BCUT2D eigenvalue weighted by molar-refractivity contribution is 5.97. The third kappa shape index (κ3) is 4.03. The molecule has 3 N–H and O–H groups in total. The maximum Gasteiger partial charge on any atom is 0.260 e. The monoisotopic (exact) mass is 387 g/mol. The SMILES string of the molecule is CC(O)(c1ccccc1)c1ccc(NC(=O)C2C=C(c3cccnc3)NO2)cc1. The summed E-state index contributed by atoms with van der Waals surface area (Å²) in [6.45, 7) is 1.75. The van der Waals surface area contributed by atoms with Crippen molar-refractivity contribution in [1.82, 2.24) is 10.5 Å². The largest absolute Gasteiger partial charge is 0.381 e. The molecule has 2 unspecified atom stereocenters. The number of anilines is 1. The molecule has 0 fully saturated rings. The number of carbonyl (C=O) groups is 1. The number of carbonyl (C=O) groups excluding carboxylic acids is 1. The summed E-state index contributed by atoms with van der Waals surface area (Å²) in [4.78, 5) is 21.9. The molecule has 2 atom stereocenters. The van der Waals surface area contributed by atoms with Gasteiger partial charge in [0.15, 0.2) is 6.10 Å². The first-order valence-corrected chi connectivity index (χ1v) is 9.27. The highest BCUT2D eigenvalue weighted by Gasteiger charge is 2.27. The van der Waals surface area contributed by atoms with Crippen LogP contribution in [0.25, 0.3) is 5.70 Å². The Morgan fingerprint density at radius 3 is 2.48 bits per heavy atom. The van der Waals surface area contributed by atoms with Crippen LogP contribution in [0.1, 0.15) is 23.6 Å². The van der Waals surface area contributed by atoms with Crippen molar-refractivity contribution in [3.05, 3.63) is 102 Å². The minimum absolute atomic E-state index is 0.293. The molecule has 0 radical (unpaired) electrons. The van der Waals surface area contributed by atoms with E-state index in [-0.39, 0.29) is 5.91 Å². The van der Waals surface area contributed by atoms with E-state index in [2.05, 4.69) is 15.8 Å². The van der Waals surface area contributed by atoms with Crippen LogP contribution in [0.3, 0.4) is 0 Å². The summed E-state index contributed by atoms with van der Waals surface area (Å²) >= 11 is 0.